The lowest BCUT2D eigenvalue weighted by Gasteiger charge is -2.05. The zero-order valence-corrected chi connectivity index (χ0v) is 13.7. The summed E-state index contributed by atoms with van der Waals surface area (Å²) in [5.41, 5.74) is 0.850. The Balaban J connectivity index is 1.89. The Hall–Kier alpha value is -1.96. The number of hydrogen-bond acceptors (Lipinski definition) is 6. The van der Waals surface area contributed by atoms with Crippen molar-refractivity contribution in [3.63, 3.8) is 0 Å². The van der Waals surface area contributed by atoms with Gasteiger partial charge in [-0.1, -0.05) is 29.0 Å². The van der Waals surface area contributed by atoms with Gasteiger partial charge in [-0.25, -0.2) is 0 Å². The lowest BCUT2D eigenvalue weighted by Crippen LogP contribution is -1.91. The van der Waals surface area contributed by atoms with Gasteiger partial charge >= 0.3 is 0 Å². The molecule has 8 heteroatoms. The average molecular weight is 349 g/mol. The van der Waals surface area contributed by atoms with Crippen LogP contribution in [-0.4, -0.2) is 26.9 Å². The summed E-state index contributed by atoms with van der Waals surface area (Å²) in [7, 11) is 1.63. The van der Waals surface area contributed by atoms with Crippen LogP contribution in [0.4, 0.5) is 0 Å². The van der Waals surface area contributed by atoms with Crippen LogP contribution >= 0.6 is 34.3 Å². The van der Waals surface area contributed by atoms with E-state index >= 15 is 0 Å². The summed E-state index contributed by atoms with van der Waals surface area (Å²) >= 11 is 9.15. The van der Waals surface area contributed by atoms with Crippen molar-refractivity contribution in [3.05, 3.63) is 40.7 Å². The van der Waals surface area contributed by atoms with Crippen LogP contribution in [-0.2, 0) is 0 Å². The molecule has 5 nitrogen and oxygen atoms in total. The fourth-order valence-electron chi connectivity index (χ4n) is 2.13. The molecule has 22 heavy (non-hydrogen) atoms. The van der Waals surface area contributed by atoms with Crippen LogP contribution in [0.15, 0.2) is 35.7 Å². The number of thiophene rings is 1. The molecule has 3 heterocycles. The number of hydrogen-bond donors (Lipinski definition) is 0. The van der Waals surface area contributed by atoms with Crippen molar-refractivity contribution in [1.29, 1.82) is 0 Å². The molecular formula is C14H9ClN4OS2. The monoisotopic (exact) mass is 348 g/mol. The van der Waals surface area contributed by atoms with E-state index in [-0.39, 0.29) is 0 Å². The van der Waals surface area contributed by atoms with E-state index in [2.05, 4.69) is 15.3 Å². The molecule has 0 amide bonds. The Bertz CT molecular complexity index is 945. The normalized spacial score (nSPS) is 11.2. The van der Waals surface area contributed by atoms with E-state index in [0.29, 0.717) is 5.02 Å². The molecule has 0 aliphatic heterocycles. The lowest BCUT2D eigenvalue weighted by molar-refractivity contribution is 0.416. The first-order valence-corrected chi connectivity index (χ1v) is 8.43. The molecule has 0 spiro atoms. The smallest absolute Gasteiger partial charge is 0.235 e. The predicted octanol–water partition coefficient (Wildman–Crippen LogP) is 4.24. The molecule has 4 rings (SSSR count). The number of benzene rings is 1. The molecule has 0 saturated heterocycles. The van der Waals surface area contributed by atoms with Gasteiger partial charge in [0.1, 0.15) is 5.75 Å². The van der Waals surface area contributed by atoms with Gasteiger partial charge in [-0.15, -0.1) is 21.5 Å². The van der Waals surface area contributed by atoms with Crippen LogP contribution in [0.1, 0.15) is 0 Å². The number of methoxy groups -OCH3 is 1. The van der Waals surface area contributed by atoms with Crippen molar-refractivity contribution in [3.8, 4) is 27.0 Å². The predicted molar refractivity (Wildman–Crippen MR) is 89.0 cm³/mol. The van der Waals surface area contributed by atoms with E-state index in [1.54, 1.807) is 29.0 Å². The quantitative estimate of drug-likeness (QED) is 0.555. The van der Waals surface area contributed by atoms with Gasteiger partial charge in [0.2, 0.25) is 4.96 Å². The van der Waals surface area contributed by atoms with Crippen molar-refractivity contribution in [2.45, 2.75) is 0 Å². The van der Waals surface area contributed by atoms with Gasteiger partial charge in [-0.2, -0.15) is 9.61 Å². The number of aromatic nitrogens is 4. The molecule has 0 aliphatic rings. The van der Waals surface area contributed by atoms with Gasteiger partial charge in [-0.05, 0) is 29.6 Å². The molecule has 0 fully saturated rings. The minimum absolute atomic E-state index is 0.639. The standard InChI is InChI=1S/C14H9ClN4OS2/c1-20-10-5-4-8(15)7-9(10)13-18-19-12(11-3-2-6-21-11)16-17-14(19)22-13/h2-7H,1H3. The first-order chi connectivity index (χ1) is 10.8. The summed E-state index contributed by atoms with van der Waals surface area (Å²) in [5, 5.41) is 16.5. The molecule has 1 aromatic carbocycles. The summed E-state index contributed by atoms with van der Waals surface area (Å²) < 4.78 is 7.15. The number of rotatable bonds is 3. The number of fused-ring (bicyclic) bond motifs is 1. The highest BCUT2D eigenvalue weighted by Crippen LogP contribution is 2.36. The van der Waals surface area contributed by atoms with Gasteiger partial charge in [0.05, 0.1) is 17.6 Å². The maximum absolute atomic E-state index is 6.10. The van der Waals surface area contributed by atoms with E-state index in [1.807, 2.05) is 29.6 Å². The van der Waals surface area contributed by atoms with Crippen molar-refractivity contribution in [2.24, 2.45) is 0 Å². The lowest BCUT2D eigenvalue weighted by atomic mass is 10.2. The van der Waals surface area contributed by atoms with E-state index < -0.39 is 0 Å². The third kappa shape index (κ3) is 2.18. The summed E-state index contributed by atoms with van der Waals surface area (Å²) in [4.78, 5) is 1.77. The summed E-state index contributed by atoms with van der Waals surface area (Å²) in [6.07, 6.45) is 0. The number of ether oxygens (including phenoxy) is 1. The van der Waals surface area contributed by atoms with Crippen molar-refractivity contribution in [2.75, 3.05) is 7.11 Å². The summed E-state index contributed by atoms with van der Waals surface area (Å²) in [5.74, 6) is 1.47. The van der Waals surface area contributed by atoms with Crippen LogP contribution in [0.5, 0.6) is 5.75 Å². The third-order valence-corrected chi connectivity index (χ3v) is 5.16. The first-order valence-electron chi connectivity index (χ1n) is 6.36. The Morgan fingerprint density at radius 1 is 1.23 bits per heavy atom. The third-order valence-electron chi connectivity index (χ3n) is 3.12. The van der Waals surface area contributed by atoms with Crippen LogP contribution < -0.4 is 4.74 Å². The van der Waals surface area contributed by atoms with Crippen molar-refractivity contribution in [1.82, 2.24) is 19.8 Å². The zero-order chi connectivity index (χ0) is 15.1. The maximum Gasteiger partial charge on any atom is 0.235 e. The molecular weight excluding hydrogens is 340 g/mol. The maximum atomic E-state index is 6.10. The summed E-state index contributed by atoms with van der Waals surface area (Å²) in [6.45, 7) is 0. The van der Waals surface area contributed by atoms with Gasteiger partial charge in [0.15, 0.2) is 10.8 Å². The highest BCUT2D eigenvalue weighted by Gasteiger charge is 2.17. The number of nitrogens with zero attached hydrogens (tertiary/aromatic N) is 4. The molecule has 4 aromatic rings. The van der Waals surface area contributed by atoms with Crippen molar-refractivity contribution >= 4 is 39.2 Å². The molecule has 0 aliphatic carbocycles. The summed E-state index contributed by atoms with van der Waals surface area (Å²) in [6, 6.07) is 9.45. The Kier molecular flexibility index (Phi) is 3.33. The topological polar surface area (TPSA) is 52.3 Å². The first kappa shape index (κ1) is 13.7. The zero-order valence-electron chi connectivity index (χ0n) is 11.4. The Morgan fingerprint density at radius 3 is 2.91 bits per heavy atom. The fourth-order valence-corrected chi connectivity index (χ4v) is 3.86. The fraction of sp³-hybridized carbons (Fsp3) is 0.0714. The molecule has 0 unspecified atom stereocenters. The second kappa shape index (κ2) is 5.35. The van der Waals surface area contributed by atoms with Gasteiger partial charge in [-0.3, -0.25) is 0 Å². The highest BCUT2D eigenvalue weighted by atomic mass is 35.5. The number of halogens is 1. The van der Waals surface area contributed by atoms with Crippen molar-refractivity contribution < 1.29 is 4.74 Å². The van der Waals surface area contributed by atoms with Gasteiger partial charge in [0, 0.05) is 5.02 Å². The molecule has 0 atom stereocenters. The molecule has 110 valence electrons. The van der Waals surface area contributed by atoms with E-state index in [4.69, 9.17) is 16.3 Å². The Labute approximate surface area is 138 Å². The second-order valence-electron chi connectivity index (χ2n) is 4.45. The molecule has 0 N–H and O–H groups in total. The van der Waals surface area contributed by atoms with Crippen LogP contribution in [0.3, 0.4) is 0 Å². The SMILES string of the molecule is COc1ccc(Cl)cc1-c1nn2c(-c3cccs3)nnc2s1. The van der Waals surface area contributed by atoms with Crippen LogP contribution in [0.25, 0.3) is 26.2 Å². The van der Waals surface area contributed by atoms with Gasteiger partial charge in [0.25, 0.3) is 0 Å². The highest BCUT2D eigenvalue weighted by molar-refractivity contribution is 7.20. The molecule has 0 radical (unpaired) electrons. The van der Waals surface area contributed by atoms with Crippen LogP contribution in [0.2, 0.25) is 5.02 Å². The Morgan fingerprint density at radius 2 is 2.14 bits per heavy atom. The van der Waals surface area contributed by atoms with E-state index in [0.717, 1.165) is 32.0 Å². The minimum atomic E-state index is 0.639. The molecule has 0 bridgehead atoms. The van der Waals surface area contributed by atoms with E-state index in [9.17, 15) is 0 Å². The minimum Gasteiger partial charge on any atom is -0.496 e. The largest absolute Gasteiger partial charge is 0.496 e. The molecule has 0 saturated carbocycles. The molecule has 3 aromatic heterocycles. The second-order valence-corrected chi connectivity index (χ2v) is 6.79. The van der Waals surface area contributed by atoms with E-state index in [1.165, 1.54) is 11.3 Å². The van der Waals surface area contributed by atoms with Gasteiger partial charge < -0.3 is 4.74 Å². The van der Waals surface area contributed by atoms with Crippen LogP contribution in [0, 0.1) is 0 Å². The average Bonchev–Trinajstić information content (AvgIpc) is 3.23.